The van der Waals surface area contributed by atoms with Crippen molar-refractivity contribution in [2.75, 3.05) is 18.8 Å². The lowest BCUT2D eigenvalue weighted by atomic mass is 10.2. The summed E-state index contributed by atoms with van der Waals surface area (Å²) < 4.78 is 0. The monoisotopic (exact) mass is 300 g/mol. The van der Waals surface area contributed by atoms with Crippen LogP contribution in [-0.4, -0.2) is 30.7 Å². The second-order valence-electron chi connectivity index (χ2n) is 3.94. The Morgan fingerprint density at radius 2 is 1.79 bits per heavy atom. The van der Waals surface area contributed by atoms with Gasteiger partial charge in [-0.2, -0.15) is 12.6 Å². The Labute approximate surface area is 123 Å². The number of hydrogen-bond acceptors (Lipinski definition) is 3. The maximum absolute atomic E-state index is 11.7. The van der Waals surface area contributed by atoms with Crippen LogP contribution in [-0.2, 0) is 4.79 Å². The number of thiol groups is 1. The molecule has 0 bridgehead atoms. The number of carbonyl (C=O) groups excluding carboxylic acids is 2. The highest BCUT2D eigenvalue weighted by atomic mass is 35.5. The molecule has 0 fully saturated rings. The van der Waals surface area contributed by atoms with Crippen molar-refractivity contribution >= 4 is 36.0 Å². The Morgan fingerprint density at radius 1 is 1.11 bits per heavy atom. The van der Waals surface area contributed by atoms with Gasteiger partial charge in [-0.15, -0.1) is 0 Å². The molecule has 1 aromatic rings. The summed E-state index contributed by atoms with van der Waals surface area (Å²) in [6, 6.07) is 6.66. The highest BCUT2D eigenvalue weighted by Crippen LogP contribution is 2.09. The molecule has 0 radical (unpaired) electrons. The topological polar surface area (TPSA) is 58.2 Å². The minimum atomic E-state index is -0.160. The molecule has 19 heavy (non-hydrogen) atoms. The van der Waals surface area contributed by atoms with E-state index < -0.39 is 0 Å². The molecule has 0 aliphatic heterocycles. The van der Waals surface area contributed by atoms with Crippen molar-refractivity contribution in [3.05, 3.63) is 34.9 Å². The third-order valence-electron chi connectivity index (χ3n) is 2.41. The molecular weight excluding hydrogens is 284 g/mol. The van der Waals surface area contributed by atoms with Gasteiger partial charge in [0, 0.05) is 35.8 Å². The fourth-order valence-corrected chi connectivity index (χ4v) is 1.68. The summed E-state index contributed by atoms with van der Waals surface area (Å²) in [4.78, 5) is 23.0. The van der Waals surface area contributed by atoms with Gasteiger partial charge in [-0.25, -0.2) is 0 Å². The molecule has 0 heterocycles. The summed E-state index contributed by atoms with van der Waals surface area (Å²) in [5, 5.41) is 6.06. The van der Waals surface area contributed by atoms with E-state index in [1.807, 2.05) is 0 Å². The van der Waals surface area contributed by atoms with Gasteiger partial charge in [0.05, 0.1) is 0 Å². The Bertz CT molecular complexity index is 423. The third-order valence-corrected chi connectivity index (χ3v) is 2.88. The zero-order chi connectivity index (χ0) is 14.1. The van der Waals surface area contributed by atoms with Crippen LogP contribution in [0.1, 0.15) is 23.2 Å². The summed E-state index contributed by atoms with van der Waals surface area (Å²) in [5.74, 6) is 0.446. The molecule has 0 saturated carbocycles. The second kappa shape index (κ2) is 8.82. The van der Waals surface area contributed by atoms with Crippen molar-refractivity contribution in [3.63, 3.8) is 0 Å². The van der Waals surface area contributed by atoms with Gasteiger partial charge in [0.15, 0.2) is 0 Å². The van der Waals surface area contributed by atoms with Crippen LogP contribution in [0.2, 0.25) is 5.02 Å². The predicted molar refractivity (Wildman–Crippen MR) is 79.9 cm³/mol. The van der Waals surface area contributed by atoms with Crippen LogP contribution < -0.4 is 10.6 Å². The van der Waals surface area contributed by atoms with E-state index in [-0.39, 0.29) is 11.8 Å². The number of hydrogen-bond donors (Lipinski definition) is 3. The number of nitrogens with one attached hydrogen (secondary N) is 2. The Kier molecular flexibility index (Phi) is 7.36. The van der Waals surface area contributed by atoms with Crippen LogP contribution in [0.15, 0.2) is 24.3 Å². The average Bonchev–Trinajstić information content (AvgIpc) is 2.41. The first-order valence-electron chi connectivity index (χ1n) is 6.05. The zero-order valence-corrected chi connectivity index (χ0v) is 12.1. The van der Waals surface area contributed by atoms with Crippen LogP contribution in [0.25, 0.3) is 0 Å². The Balaban J connectivity index is 2.20. The number of carbonyl (C=O) groups is 2. The van der Waals surface area contributed by atoms with Gasteiger partial charge >= 0.3 is 0 Å². The van der Waals surface area contributed by atoms with E-state index in [9.17, 15) is 9.59 Å². The molecule has 4 nitrogen and oxygen atoms in total. The quantitative estimate of drug-likeness (QED) is 0.532. The molecule has 1 rings (SSSR count). The van der Waals surface area contributed by atoms with E-state index in [4.69, 9.17) is 11.6 Å². The first-order valence-corrected chi connectivity index (χ1v) is 7.06. The average molecular weight is 301 g/mol. The molecule has 2 amide bonds. The third kappa shape index (κ3) is 6.50. The van der Waals surface area contributed by atoms with Crippen molar-refractivity contribution in [3.8, 4) is 0 Å². The molecule has 0 unspecified atom stereocenters. The summed E-state index contributed by atoms with van der Waals surface area (Å²) in [5.41, 5.74) is 0.559. The minimum absolute atomic E-state index is 0.0187. The first kappa shape index (κ1) is 15.9. The maximum Gasteiger partial charge on any atom is 0.251 e. The van der Waals surface area contributed by atoms with Gasteiger partial charge in [-0.1, -0.05) is 11.6 Å². The summed E-state index contributed by atoms with van der Waals surface area (Å²) in [6.07, 6.45) is 1.01. The first-order chi connectivity index (χ1) is 9.13. The molecule has 0 aliphatic carbocycles. The van der Waals surface area contributed by atoms with Crippen molar-refractivity contribution < 1.29 is 9.59 Å². The van der Waals surface area contributed by atoms with E-state index in [0.717, 1.165) is 0 Å². The maximum atomic E-state index is 11.7. The zero-order valence-electron chi connectivity index (χ0n) is 10.5. The molecule has 6 heteroatoms. The largest absolute Gasteiger partial charge is 0.355 e. The van der Waals surface area contributed by atoms with Crippen molar-refractivity contribution in [1.82, 2.24) is 10.6 Å². The van der Waals surface area contributed by atoms with Crippen molar-refractivity contribution in [1.29, 1.82) is 0 Å². The van der Waals surface area contributed by atoms with Crippen LogP contribution in [0.3, 0.4) is 0 Å². The van der Waals surface area contributed by atoms with Gasteiger partial charge < -0.3 is 10.6 Å². The van der Waals surface area contributed by atoms with Crippen LogP contribution in [0, 0.1) is 0 Å². The Hall–Kier alpha value is -1.20. The van der Waals surface area contributed by atoms with Gasteiger partial charge in [0.1, 0.15) is 0 Å². The van der Waals surface area contributed by atoms with E-state index >= 15 is 0 Å². The summed E-state index contributed by atoms with van der Waals surface area (Å²) >= 11 is 9.74. The highest BCUT2D eigenvalue weighted by molar-refractivity contribution is 7.80. The van der Waals surface area contributed by atoms with Crippen molar-refractivity contribution in [2.24, 2.45) is 0 Å². The SMILES string of the molecule is O=C(CCCNC(=O)c1ccc(Cl)cc1)NCCS. The fourth-order valence-electron chi connectivity index (χ4n) is 1.44. The normalized spacial score (nSPS) is 10.0. The lowest BCUT2D eigenvalue weighted by Gasteiger charge is -2.06. The van der Waals surface area contributed by atoms with E-state index in [1.165, 1.54) is 0 Å². The molecule has 2 N–H and O–H groups in total. The van der Waals surface area contributed by atoms with Gasteiger partial charge in [0.2, 0.25) is 5.91 Å². The summed E-state index contributed by atoms with van der Waals surface area (Å²) in [7, 11) is 0. The lowest BCUT2D eigenvalue weighted by Crippen LogP contribution is -2.28. The minimum Gasteiger partial charge on any atom is -0.355 e. The molecule has 0 spiro atoms. The van der Waals surface area contributed by atoms with E-state index in [2.05, 4.69) is 23.3 Å². The molecule has 1 aromatic carbocycles. The Morgan fingerprint density at radius 3 is 2.42 bits per heavy atom. The number of amides is 2. The molecule has 104 valence electrons. The van der Waals surface area contributed by atoms with E-state index in [1.54, 1.807) is 24.3 Å². The van der Waals surface area contributed by atoms with Gasteiger partial charge in [-0.3, -0.25) is 9.59 Å². The summed E-state index contributed by atoms with van der Waals surface area (Å²) in [6.45, 7) is 1.04. The standard InChI is InChI=1S/C13H17ClN2O2S/c14-11-5-3-10(4-6-11)13(18)16-7-1-2-12(17)15-8-9-19/h3-6,19H,1-2,7-9H2,(H,15,17)(H,16,18). The molecular formula is C13H17ClN2O2S. The lowest BCUT2D eigenvalue weighted by molar-refractivity contribution is -0.121. The fraction of sp³-hybridized carbons (Fsp3) is 0.385. The van der Waals surface area contributed by atoms with Gasteiger partial charge in [-0.05, 0) is 30.7 Å². The number of halogens is 1. The molecule has 0 aromatic heterocycles. The second-order valence-corrected chi connectivity index (χ2v) is 4.82. The van der Waals surface area contributed by atoms with Crippen LogP contribution in [0.5, 0.6) is 0 Å². The number of benzene rings is 1. The van der Waals surface area contributed by atoms with Gasteiger partial charge in [0.25, 0.3) is 5.91 Å². The van der Waals surface area contributed by atoms with Crippen LogP contribution in [0.4, 0.5) is 0 Å². The highest BCUT2D eigenvalue weighted by Gasteiger charge is 2.05. The molecule has 0 saturated heterocycles. The molecule has 0 atom stereocenters. The van der Waals surface area contributed by atoms with Crippen molar-refractivity contribution in [2.45, 2.75) is 12.8 Å². The predicted octanol–water partition coefficient (Wildman–Crippen LogP) is 1.90. The van der Waals surface area contributed by atoms with E-state index in [0.29, 0.717) is 42.3 Å². The number of rotatable bonds is 7. The van der Waals surface area contributed by atoms with Crippen LogP contribution >= 0.6 is 24.2 Å². The smallest absolute Gasteiger partial charge is 0.251 e. The molecule has 0 aliphatic rings.